The van der Waals surface area contributed by atoms with Crippen LogP contribution in [0, 0.1) is 11.8 Å². The number of aliphatic hydroxyl groups is 1. The van der Waals surface area contributed by atoms with Crippen LogP contribution in [0.4, 0.5) is 0 Å². The lowest BCUT2D eigenvalue weighted by atomic mass is 9.88. The number of hydrogen-bond acceptors (Lipinski definition) is 4. The van der Waals surface area contributed by atoms with Crippen molar-refractivity contribution in [3.8, 4) is 0 Å². The molecule has 2 amide bonds. The van der Waals surface area contributed by atoms with Crippen molar-refractivity contribution in [1.29, 1.82) is 0 Å². The number of fused-ring (bicyclic) bond motifs is 1. The lowest BCUT2D eigenvalue weighted by Crippen LogP contribution is -2.46. The van der Waals surface area contributed by atoms with Crippen LogP contribution in [0.5, 0.6) is 0 Å². The van der Waals surface area contributed by atoms with Crippen LogP contribution in [0.15, 0.2) is 16.8 Å². The maximum Gasteiger partial charge on any atom is 0.254 e. The predicted molar refractivity (Wildman–Crippen MR) is 75.5 cm³/mol. The van der Waals surface area contributed by atoms with Crippen LogP contribution in [0.3, 0.4) is 0 Å². The molecule has 0 spiro atoms. The Kier molecular flexibility index (Phi) is 3.76. The molecule has 0 aromatic carbocycles. The first kappa shape index (κ1) is 13.6. The van der Waals surface area contributed by atoms with Crippen LogP contribution >= 0.6 is 11.3 Å². The molecule has 3 rings (SSSR count). The molecular formula is C14H18N2O3S. The van der Waals surface area contributed by atoms with Gasteiger partial charge in [0, 0.05) is 31.6 Å². The quantitative estimate of drug-likeness (QED) is 0.891. The van der Waals surface area contributed by atoms with E-state index in [0.717, 1.165) is 6.42 Å². The van der Waals surface area contributed by atoms with Crippen LogP contribution in [-0.2, 0) is 4.79 Å². The molecule has 3 heterocycles. The first-order valence-corrected chi connectivity index (χ1v) is 7.86. The molecule has 2 aliphatic heterocycles. The zero-order valence-electron chi connectivity index (χ0n) is 11.2. The van der Waals surface area contributed by atoms with E-state index in [9.17, 15) is 9.59 Å². The second-order valence-corrected chi connectivity index (χ2v) is 6.21. The van der Waals surface area contributed by atoms with E-state index < -0.39 is 0 Å². The molecule has 2 fully saturated rings. The highest BCUT2D eigenvalue weighted by molar-refractivity contribution is 7.08. The van der Waals surface area contributed by atoms with Crippen LogP contribution < -0.4 is 0 Å². The number of piperidine rings is 1. The second-order valence-electron chi connectivity index (χ2n) is 5.43. The van der Waals surface area contributed by atoms with E-state index in [2.05, 4.69) is 0 Å². The summed E-state index contributed by atoms with van der Waals surface area (Å²) in [6.45, 7) is 2.29. The average molecular weight is 294 g/mol. The summed E-state index contributed by atoms with van der Waals surface area (Å²) >= 11 is 1.51. The number of rotatable bonds is 3. The molecule has 6 heteroatoms. The molecule has 5 nitrogen and oxygen atoms in total. The van der Waals surface area contributed by atoms with Crippen molar-refractivity contribution in [2.24, 2.45) is 11.8 Å². The Hall–Kier alpha value is -1.40. The highest BCUT2D eigenvalue weighted by Gasteiger charge is 2.44. The van der Waals surface area contributed by atoms with E-state index in [1.165, 1.54) is 11.3 Å². The van der Waals surface area contributed by atoms with Crippen LogP contribution in [-0.4, -0.2) is 59.5 Å². The summed E-state index contributed by atoms with van der Waals surface area (Å²) in [5.74, 6) is 0.316. The van der Waals surface area contributed by atoms with Gasteiger partial charge in [-0.2, -0.15) is 11.3 Å². The van der Waals surface area contributed by atoms with Crippen molar-refractivity contribution >= 4 is 23.2 Å². The van der Waals surface area contributed by atoms with E-state index in [0.29, 0.717) is 31.7 Å². The van der Waals surface area contributed by atoms with E-state index in [4.69, 9.17) is 5.11 Å². The molecule has 0 aliphatic carbocycles. The van der Waals surface area contributed by atoms with Gasteiger partial charge < -0.3 is 14.9 Å². The van der Waals surface area contributed by atoms with Crippen molar-refractivity contribution in [2.45, 2.75) is 6.42 Å². The van der Waals surface area contributed by atoms with Gasteiger partial charge >= 0.3 is 0 Å². The summed E-state index contributed by atoms with van der Waals surface area (Å²) < 4.78 is 0. The minimum absolute atomic E-state index is 0.000670. The van der Waals surface area contributed by atoms with Gasteiger partial charge in [-0.15, -0.1) is 0 Å². The Morgan fingerprint density at radius 1 is 1.45 bits per heavy atom. The van der Waals surface area contributed by atoms with Gasteiger partial charge in [0.25, 0.3) is 5.91 Å². The van der Waals surface area contributed by atoms with Crippen LogP contribution in [0.1, 0.15) is 16.8 Å². The Morgan fingerprint density at radius 2 is 2.30 bits per heavy atom. The monoisotopic (exact) mass is 294 g/mol. The molecule has 0 bridgehead atoms. The molecule has 0 unspecified atom stereocenters. The third-order valence-corrected chi connectivity index (χ3v) is 4.95. The van der Waals surface area contributed by atoms with Crippen molar-refractivity contribution in [3.05, 3.63) is 22.4 Å². The van der Waals surface area contributed by atoms with Crippen LogP contribution in [0.25, 0.3) is 0 Å². The van der Waals surface area contributed by atoms with Gasteiger partial charge in [0.2, 0.25) is 5.91 Å². The number of carbonyl (C=O) groups is 2. The first-order chi connectivity index (χ1) is 9.70. The van der Waals surface area contributed by atoms with Gasteiger partial charge in [-0.1, -0.05) is 0 Å². The number of likely N-dealkylation sites (tertiary alicyclic amines) is 2. The maximum absolute atomic E-state index is 12.3. The number of β-amino-alcohol motifs (C(OH)–C–C–N with tert-alkyl or cyclic N) is 1. The number of aliphatic hydroxyl groups excluding tert-OH is 1. The molecule has 108 valence electrons. The zero-order chi connectivity index (χ0) is 14.1. The molecule has 2 aliphatic rings. The van der Waals surface area contributed by atoms with E-state index >= 15 is 0 Å². The minimum atomic E-state index is -0.0853. The van der Waals surface area contributed by atoms with Gasteiger partial charge in [0.1, 0.15) is 0 Å². The molecule has 1 aromatic heterocycles. The summed E-state index contributed by atoms with van der Waals surface area (Å²) in [6, 6.07) is 1.83. The standard InChI is InChI=1S/C14H18N2O3S/c17-5-4-15-3-1-10-7-16(8-12(10)14(15)19)13(18)11-2-6-20-9-11/h2,6,9-10,12,17H,1,3-5,7-8H2/t10-,12-/m0/s1. The predicted octanol–water partition coefficient (Wildman–Crippen LogP) is 0.661. The van der Waals surface area contributed by atoms with Crippen molar-refractivity contribution in [3.63, 3.8) is 0 Å². The fourth-order valence-electron chi connectivity index (χ4n) is 3.19. The third kappa shape index (κ3) is 2.33. The molecule has 2 atom stereocenters. The summed E-state index contributed by atoms with van der Waals surface area (Å²) in [4.78, 5) is 28.2. The minimum Gasteiger partial charge on any atom is -0.395 e. The van der Waals surface area contributed by atoms with Gasteiger partial charge in [-0.25, -0.2) is 0 Å². The smallest absolute Gasteiger partial charge is 0.254 e. The lowest BCUT2D eigenvalue weighted by Gasteiger charge is -2.33. The Balaban J connectivity index is 1.69. The molecule has 1 N–H and O–H groups in total. The second kappa shape index (κ2) is 5.54. The molecule has 1 aromatic rings. The maximum atomic E-state index is 12.3. The molecular weight excluding hydrogens is 276 g/mol. The van der Waals surface area contributed by atoms with E-state index in [1.54, 1.807) is 9.80 Å². The fraction of sp³-hybridized carbons (Fsp3) is 0.571. The van der Waals surface area contributed by atoms with E-state index in [1.807, 2.05) is 16.8 Å². The number of thiophene rings is 1. The fourth-order valence-corrected chi connectivity index (χ4v) is 3.82. The zero-order valence-corrected chi connectivity index (χ0v) is 12.0. The summed E-state index contributed by atoms with van der Waals surface area (Å²) in [5.41, 5.74) is 0.716. The first-order valence-electron chi connectivity index (χ1n) is 6.92. The summed E-state index contributed by atoms with van der Waals surface area (Å²) in [6.07, 6.45) is 0.920. The number of nitrogens with zero attached hydrogens (tertiary/aromatic N) is 2. The number of hydrogen-bond donors (Lipinski definition) is 1. The molecule has 0 radical (unpaired) electrons. The van der Waals surface area contributed by atoms with Crippen molar-refractivity contribution in [2.75, 3.05) is 32.8 Å². The SMILES string of the molecule is O=C(c1ccsc1)N1C[C@@H]2CCN(CCO)C(=O)[C@H]2C1. The van der Waals surface area contributed by atoms with E-state index in [-0.39, 0.29) is 30.3 Å². The summed E-state index contributed by atoms with van der Waals surface area (Å²) in [7, 11) is 0. The van der Waals surface area contributed by atoms with Crippen LogP contribution in [0.2, 0.25) is 0 Å². The Morgan fingerprint density at radius 3 is 3.00 bits per heavy atom. The highest BCUT2D eigenvalue weighted by Crippen LogP contribution is 2.32. The summed E-state index contributed by atoms with van der Waals surface area (Å²) in [5, 5.41) is 12.7. The molecule has 20 heavy (non-hydrogen) atoms. The average Bonchev–Trinajstić information content (AvgIpc) is 3.10. The van der Waals surface area contributed by atoms with Gasteiger partial charge in [-0.05, 0) is 23.8 Å². The Labute approximate surface area is 121 Å². The van der Waals surface area contributed by atoms with Crippen molar-refractivity contribution in [1.82, 2.24) is 9.80 Å². The lowest BCUT2D eigenvalue weighted by molar-refractivity contribution is -0.140. The topological polar surface area (TPSA) is 60.9 Å². The van der Waals surface area contributed by atoms with Gasteiger partial charge in [0.15, 0.2) is 0 Å². The number of amides is 2. The largest absolute Gasteiger partial charge is 0.395 e. The van der Waals surface area contributed by atoms with Crippen molar-refractivity contribution < 1.29 is 14.7 Å². The number of carbonyl (C=O) groups excluding carboxylic acids is 2. The highest BCUT2D eigenvalue weighted by atomic mass is 32.1. The van der Waals surface area contributed by atoms with Gasteiger partial charge in [-0.3, -0.25) is 9.59 Å². The van der Waals surface area contributed by atoms with Gasteiger partial charge in [0.05, 0.1) is 18.1 Å². The molecule has 2 saturated heterocycles. The molecule has 0 saturated carbocycles. The normalized spacial score (nSPS) is 25.9. The third-order valence-electron chi connectivity index (χ3n) is 4.26. The Bertz CT molecular complexity index is 503.